The number of para-hydroxylation sites is 1. The molecule has 0 amide bonds. The molecule has 0 fully saturated rings. The summed E-state index contributed by atoms with van der Waals surface area (Å²) in [5.74, 6) is 1.15. The molecule has 3 N–H and O–H groups in total. The van der Waals surface area contributed by atoms with Crippen LogP contribution in [0.2, 0.25) is 0 Å². The fourth-order valence-corrected chi connectivity index (χ4v) is 3.24. The molecule has 0 aliphatic rings. The third-order valence-electron chi connectivity index (χ3n) is 4.74. The Balaban J connectivity index is 1.43. The third kappa shape index (κ3) is 8.06. The van der Waals surface area contributed by atoms with Crippen molar-refractivity contribution in [2.24, 2.45) is 5.73 Å². The Labute approximate surface area is 189 Å². The summed E-state index contributed by atoms with van der Waals surface area (Å²) in [5, 5.41) is 3.35. The molecule has 0 aliphatic carbocycles. The lowest BCUT2D eigenvalue weighted by atomic mass is 10.1. The average molecular weight is 435 g/mol. The van der Waals surface area contributed by atoms with E-state index in [9.17, 15) is 4.79 Å². The van der Waals surface area contributed by atoms with Gasteiger partial charge < -0.3 is 19.5 Å². The average Bonchev–Trinajstić information content (AvgIpc) is 2.79. The normalized spacial score (nSPS) is 12.6. The Kier molecular flexibility index (Phi) is 8.66. The molecule has 0 spiro atoms. The fraction of sp³-hybridized carbons (Fsp3) is 0.269. The SMILES string of the molecule is CC(=O)OC(N)(CCCNc1ccc(Oc2ccccc2)cc1)COCc1ccccc1. The molecule has 0 saturated carbocycles. The highest BCUT2D eigenvalue weighted by Crippen LogP contribution is 2.23. The van der Waals surface area contributed by atoms with E-state index in [0.717, 1.165) is 22.7 Å². The zero-order valence-electron chi connectivity index (χ0n) is 18.3. The van der Waals surface area contributed by atoms with Crippen molar-refractivity contribution in [2.75, 3.05) is 18.5 Å². The van der Waals surface area contributed by atoms with Gasteiger partial charge in [-0.25, -0.2) is 0 Å². The van der Waals surface area contributed by atoms with E-state index in [2.05, 4.69) is 5.32 Å². The first kappa shape index (κ1) is 23.3. The minimum atomic E-state index is -1.16. The Bertz CT molecular complexity index is 949. The second-order valence-electron chi connectivity index (χ2n) is 7.61. The standard InChI is InChI=1S/C26H30N2O4/c1-21(29)32-26(27,20-30-19-22-9-4-2-5-10-22)17-8-18-28-23-13-15-25(16-14-23)31-24-11-6-3-7-12-24/h2-7,9-16,28H,8,17-20,27H2,1H3. The van der Waals surface area contributed by atoms with Crippen molar-refractivity contribution in [1.82, 2.24) is 0 Å². The second kappa shape index (κ2) is 11.9. The minimum Gasteiger partial charge on any atom is -0.457 e. The van der Waals surface area contributed by atoms with E-state index < -0.39 is 11.7 Å². The van der Waals surface area contributed by atoms with Crippen molar-refractivity contribution >= 4 is 11.7 Å². The third-order valence-corrected chi connectivity index (χ3v) is 4.74. The van der Waals surface area contributed by atoms with E-state index in [0.29, 0.717) is 26.0 Å². The van der Waals surface area contributed by atoms with Crippen LogP contribution in [0, 0.1) is 0 Å². The second-order valence-corrected chi connectivity index (χ2v) is 7.61. The van der Waals surface area contributed by atoms with E-state index in [1.807, 2.05) is 84.9 Å². The van der Waals surface area contributed by atoms with Gasteiger partial charge in [-0.15, -0.1) is 0 Å². The van der Waals surface area contributed by atoms with Gasteiger partial charge in [-0.05, 0) is 48.4 Å². The topological polar surface area (TPSA) is 82.8 Å². The zero-order chi connectivity index (χ0) is 22.7. The van der Waals surface area contributed by atoms with Crippen LogP contribution in [0.15, 0.2) is 84.9 Å². The molecule has 3 aromatic carbocycles. The number of anilines is 1. The molecule has 0 heterocycles. The molecule has 0 bridgehead atoms. The van der Waals surface area contributed by atoms with E-state index in [1.165, 1.54) is 6.92 Å². The Hall–Kier alpha value is -3.35. The number of esters is 1. The first-order valence-electron chi connectivity index (χ1n) is 10.7. The van der Waals surface area contributed by atoms with Gasteiger partial charge in [-0.1, -0.05) is 48.5 Å². The Morgan fingerprint density at radius 2 is 1.53 bits per heavy atom. The molecule has 0 aromatic heterocycles. The molecule has 6 nitrogen and oxygen atoms in total. The molecule has 6 heteroatoms. The highest BCUT2D eigenvalue weighted by Gasteiger charge is 2.28. The molecule has 168 valence electrons. The first-order valence-corrected chi connectivity index (χ1v) is 10.7. The smallest absolute Gasteiger partial charge is 0.304 e. The van der Waals surface area contributed by atoms with Gasteiger partial charge in [0.25, 0.3) is 0 Å². The van der Waals surface area contributed by atoms with Crippen molar-refractivity contribution in [3.05, 3.63) is 90.5 Å². The number of benzene rings is 3. The molecular formula is C26H30N2O4. The number of ether oxygens (including phenoxy) is 3. The molecular weight excluding hydrogens is 404 g/mol. The molecule has 3 rings (SSSR count). The van der Waals surface area contributed by atoms with E-state index in [-0.39, 0.29) is 6.61 Å². The summed E-state index contributed by atoms with van der Waals surface area (Å²) in [5.41, 5.74) is 7.18. The van der Waals surface area contributed by atoms with Crippen LogP contribution in [0.5, 0.6) is 11.5 Å². The molecule has 0 aliphatic heterocycles. The monoisotopic (exact) mass is 434 g/mol. The maximum absolute atomic E-state index is 11.5. The van der Waals surface area contributed by atoms with Crippen LogP contribution in [0.25, 0.3) is 0 Å². The van der Waals surface area contributed by atoms with Crippen LogP contribution in [0.3, 0.4) is 0 Å². The lowest BCUT2D eigenvalue weighted by molar-refractivity contribution is -0.165. The molecule has 32 heavy (non-hydrogen) atoms. The lowest BCUT2D eigenvalue weighted by Gasteiger charge is -2.28. The van der Waals surface area contributed by atoms with Crippen LogP contribution in [0.4, 0.5) is 5.69 Å². The van der Waals surface area contributed by atoms with Crippen LogP contribution in [-0.4, -0.2) is 24.8 Å². The Morgan fingerprint density at radius 3 is 2.19 bits per heavy atom. The van der Waals surface area contributed by atoms with Crippen LogP contribution in [0.1, 0.15) is 25.3 Å². The minimum absolute atomic E-state index is 0.132. The van der Waals surface area contributed by atoms with Gasteiger partial charge in [-0.3, -0.25) is 10.5 Å². The largest absolute Gasteiger partial charge is 0.457 e. The van der Waals surface area contributed by atoms with E-state index >= 15 is 0 Å². The van der Waals surface area contributed by atoms with Crippen molar-refractivity contribution < 1.29 is 19.0 Å². The number of carbonyl (C=O) groups excluding carboxylic acids is 1. The first-order chi connectivity index (χ1) is 15.5. The molecule has 1 unspecified atom stereocenters. The number of nitrogens with one attached hydrogen (secondary N) is 1. The van der Waals surface area contributed by atoms with Gasteiger partial charge in [-0.2, -0.15) is 0 Å². The predicted molar refractivity (Wildman–Crippen MR) is 125 cm³/mol. The number of hydrogen-bond acceptors (Lipinski definition) is 6. The van der Waals surface area contributed by atoms with Crippen LogP contribution < -0.4 is 15.8 Å². The fourth-order valence-electron chi connectivity index (χ4n) is 3.24. The van der Waals surface area contributed by atoms with Gasteiger partial charge in [0.1, 0.15) is 18.1 Å². The van der Waals surface area contributed by atoms with E-state index in [4.69, 9.17) is 19.9 Å². The number of rotatable bonds is 12. The molecule has 0 saturated heterocycles. The maximum Gasteiger partial charge on any atom is 0.304 e. The number of nitrogens with two attached hydrogens (primary N) is 1. The molecule has 1 atom stereocenters. The van der Waals surface area contributed by atoms with Crippen LogP contribution >= 0.6 is 0 Å². The number of hydrogen-bond donors (Lipinski definition) is 2. The summed E-state index contributed by atoms with van der Waals surface area (Å²) in [6, 6.07) is 27.2. The van der Waals surface area contributed by atoms with E-state index in [1.54, 1.807) is 0 Å². The van der Waals surface area contributed by atoms with Gasteiger partial charge >= 0.3 is 5.97 Å². The Morgan fingerprint density at radius 1 is 0.906 bits per heavy atom. The lowest BCUT2D eigenvalue weighted by Crippen LogP contribution is -2.48. The van der Waals surface area contributed by atoms with Gasteiger partial charge in [0, 0.05) is 25.6 Å². The van der Waals surface area contributed by atoms with Gasteiger partial charge in [0.05, 0.1) is 6.61 Å². The summed E-state index contributed by atoms with van der Waals surface area (Å²) < 4.78 is 16.9. The highest BCUT2D eigenvalue weighted by molar-refractivity contribution is 5.66. The maximum atomic E-state index is 11.5. The quantitative estimate of drug-likeness (QED) is 0.234. The van der Waals surface area contributed by atoms with Crippen molar-refractivity contribution in [2.45, 2.75) is 32.1 Å². The van der Waals surface area contributed by atoms with Crippen molar-refractivity contribution in [1.29, 1.82) is 0 Å². The predicted octanol–water partition coefficient (Wildman–Crippen LogP) is 5.11. The molecule has 0 radical (unpaired) electrons. The van der Waals surface area contributed by atoms with Gasteiger partial charge in [0.2, 0.25) is 0 Å². The highest BCUT2D eigenvalue weighted by atomic mass is 16.6. The van der Waals surface area contributed by atoms with Crippen molar-refractivity contribution in [3.8, 4) is 11.5 Å². The summed E-state index contributed by atoms with van der Waals surface area (Å²) in [7, 11) is 0. The zero-order valence-corrected chi connectivity index (χ0v) is 18.3. The van der Waals surface area contributed by atoms with Crippen molar-refractivity contribution in [3.63, 3.8) is 0 Å². The summed E-state index contributed by atoms with van der Waals surface area (Å²) in [6.07, 6.45) is 1.18. The number of carbonyl (C=O) groups is 1. The summed E-state index contributed by atoms with van der Waals surface area (Å²) in [4.78, 5) is 11.5. The van der Waals surface area contributed by atoms with Crippen LogP contribution in [-0.2, 0) is 20.9 Å². The summed E-state index contributed by atoms with van der Waals surface area (Å²) >= 11 is 0. The summed E-state index contributed by atoms with van der Waals surface area (Å²) in [6.45, 7) is 2.58. The van der Waals surface area contributed by atoms with Gasteiger partial charge in [0.15, 0.2) is 5.72 Å². The molecule has 3 aromatic rings.